The minimum atomic E-state index is -0.791. The number of benzene rings is 1. The zero-order chi connectivity index (χ0) is 16.2. The number of thiazole rings is 1. The first kappa shape index (κ1) is 19.1. The monoisotopic (exact) mass is 374 g/mol. The second-order valence-electron chi connectivity index (χ2n) is 5.84. The second kappa shape index (κ2) is 8.71. The van der Waals surface area contributed by atoms with Crippen molar-refractivity contribution in [2.45, 2.75) is 32.0 Å². The maximum Gasteiger partial charge on any atom is 0.180 e. The first-order valence-electron chi connectivity index (χ1n) is 7.70. The van der Waals surface area contributed by atoms with Crippen LogP contribution in [0.3, 0.4) is 0 Å². The van der Waals surface area contributed by atoms with Gasteiger partial charge in [0.1, 0.15) is 0 Å². The van der Waals surface area contributed by atoms with Gasteiger partial charge in [0.15, 0.2) is 16.8 Å². The van der Waals surface area contributed by atoms with E-state index >= 15 is 0 Å². The Bertz CT molecular complexity index is 659. The van der Waals surface area contributed by atoms with Crippen LogP contribution in [0.5, 0.6) is 0 Å². The van der Waals surface area contributed by atoms with Crippen LogP contribution in [-0.2, 0) is 13.1 Å². The normalized spacial score (nSPS) is 16.1. The minimum absolute atomic E-state index is 0. The molecule has 0 aliphatic carbocycles. The molecule has 1 saturated heterocycles. The van der Waals surface area contributed by atoms with Gasteiger partial charge in [0.25, 0.3) is 0 Å². The smallest absolute Gasteiger partial charge is 0.180 e. The Morgan fingerprint density at radius 1 is 1.25 bits per heavy atom. The summed E-state index contributed by atoms with van der Waals surface area (Å²) in [5.74, 6) is -1.57. The minimum Gasteiger partial charge on any atom is -0.375 e. The largest absolute Gasteiger partial charge is 0.375 e. The number of aromatic nitrogens is 1. The Morgan fingerprint density at radius 3 is 2.62 bits per heavy atom. The number of piperidine rings is 1. The van der Waals surface area contributed by atoms with E-state index in [1.54, 1.807) is 6.07 Å². The highest BCUT2D eigenvalue weighted by atomic mass is 35.5. The molecule has 8 heteroatoms. The van der Waals surface area contributed by atoms with E-state index in [2.05, 4.69) is 15.2 Å². The Kier molecular flexibility index (Phi) is 6.91. The van der Waals surface area contributed by atoms with Gasteiger partial charge in [0.2, 0.25) is 0 Å². The molecule has 3 rings (SSSR count). The van der Waals surface area contributed by atoms with Crippen LogP contribution in [0.25, 0.3) is 0 Å². The molecule has 1 aromatic heterocycles. The van der Waals surface area contributed by atoms with E-state index in [1.165, 1.54) is 23.5 Å². The van der Waals surface area contributed by atoms with Crippen LogP contribution in [0.4, 0.5) is 13.9 Å². The molecule has 1 fully saturated rings. The van der Waals surface area contributed by atoms with Gasteiger partial charge in [-0.15, -0.1) is 23.7 Å². The number of nitrogens with one attached hydrogen (secondary N) is 1. The number of hydrogen-bond donors (Lipinski definition) is 2. The fourth-order valence-electron chi connectivity index (χ4n) is 2.84. The molecule has 2 heterocycles. The maximum atomic E-state index is 13.2. The quantitative estimate of drug-likeness (QED) is 0.844. The number of halogens is 3. The van der Waals surface area contributed by atoms with E-state index in [-0.39, 0.29) is 12.4 Å². The highest BCUT2D eigenvalue weighted by Gasteiger charge is 2.19. The first-order chi connectivity index (χ1) is 11.1. The lowest BCUT2D eigenvalue weighted by atomic mass is 10.0. The summed E-state index contributed by atoms with van der Waals surface area (Å²) in [6, 6.07) is 4.60. The Hall–Kier alpha value is -1.28. The molecule has 24 heavy (non-hydrogen) atoms. The van der Waals surface area contributed by atoms with Crippen LogP contribution in [-0.4, -0.2) is 29.0 Å². The number of likely N-dealkylation sites (tertiary alicyclic amines) is 1. The second-order valence-corrected chi connectivity index (χ2v) is 6.99. The fraction of sp³-hybridized carbons (Fsp3) is 0.438. The van der Waals surface area contributed by atoms with Crippen LogP contribution < -0.4 is 11.1 Å². The van der Waals surface area contributed by atoms with Gasteiger partial charge in [0.05, 0.1) is 0 Å². The van der Waals surface area contributed by atoms with Gasteiger partial charge in [-0.1, -0.05) is 6.07 Å². The van der Waals surface area contributed by atoms with Crippen LogP contribution in [0.2, 0.25) is 0 Å². The summed E-state index contributed by atoms with van der Waals surface area (Å²) < 4.78 is 26.2. The van der Waals surface area contributed by atoms with Crippen LogP contribution in [0, 0.1) is 11.6 Å². The molecule has 4 nitrogen and oxygen atoms in total. The number of anilines is 1. The Balaban J connectivity index is 0.00000208. The molecule has 0 amide bonds. The first-order valence-corrected chi connectivity index (χ1v) is 8.51. The summed E-state index contributed by atoms with van der Waals surface area (Å²) in [5.41, 5.74) is 6.44. The standard InChI is InChI=1S/C16H20F2N4S.ClH/c17-14-2-1-11(7-15(14)18)10-22-5-3-12(4-6-22)20-8-13-9-21-16(19)23-13;/h1-2,7,9,12,20H,3-6,8,10H2,(H2,19,21);1H. The highest BCUT2D eigenvalue weighted by molar-refractivity contribution is 7.15. The van der Waals surface area contributed by atoms with Gasteiger partial charge in [0, 0.05) is 30.2 Å². The molecule has 1 aliphatic rings. The number of nitrogen functional groups attached to an aromatic ring is 1. The zero-order valence-electron chi connectivity index (χ0n) is 13.2. The van der Waals surface area contributed by atoms with Crippen LogP contribution in [0.1, 0.15) is 23.3 Å². The van der Waals surface area contributed by atoms with Crippen molar-refractivity contribution in [1.29, 1.82) is 0 Å². The van der Waals surface area contributed by atoms with Crippen LogP contribution in [0.15, 0.2) is 24.4 Å². The molecule has 0 bridgehead atoms. The number of nitrogens with zero attached hydrogens (tertiary/aromatic N) is 2. The lowest BCUT2D eigenvalue weighted by molar-refractivity contribution is 0.190. The van der Waals surface area contributed by atoms with Crippen molar-refractivity contribution in [3.63, 3.8) is 0 Å². The lowest BCUT2D eigenvalue weighted by Gasteiger charge is -2.32. The maximum absolute atomic E-state index is 13.2. The summed E-state index contributed by atoms with van der Waals surface area (Å²) in [6.07, 6.45) is 3.89. The molecule has 1 aromatic carbocycles. The third kappa shape index (κ3) is 5.11. The molecule has 0 radical (unpaired) electrons. The predicted molar refractivity (Wildman–Crippen MR) is 95.3 cm³/mol. The Morgan fingerprint density at radius 2 is 2.00 bits per heavy atom. The van der Waals surface area contributed by atoms with Crippen molar-refractivity contribution in [3.8, 4) is 0 Å². The number of rotatable bonds is 5. The summed E-state index contributed by atoms with van der Waals surface area (Å²) in [6.45, 7) is 3.35. The van der Waals surface area contributed by atoms with Gasteiger partial charge < -0.3 is 11.1 Å². The van der Waals surface area contributed by atoms with E-state index in [0.717, 1.165) is 42.9 Å². The van der Waals surface area contributed by atoms with Crippen molar-refractivity contribution in [2.24, 2.45) is 0 Å². The molecule has 1 aliphatic heterocycles. The lowest BCUT2D eigenvalue weighted by Crippen LogP contribution is -2.41. The summed E-state index contributed by atoms with van der Waals surface area (Å²) in [4.78, 5) is 7.46. The zero-order valence-corrected chi connectivity index (χ0v) is 14.8. The third-order valence-corrected chi connectivity index (χ3v) is 4.94. The van der Waals surface area contributed by atoms with Crippen molar-refractivity contribution < 1.29 is 8.78 Å². The average Bonchev–Trinajstić information content (AvgIpc) is 2.96. The molecular weight excluding hydrogens is 354 g/mol. The van der Waals surface area contributed by atoms with E-state index in [4.69, 9.17) is 5.73 Å². The predicted octanol–water partition coefficient (Wildman–Crippen LogP) is 3.18. The molecule has 0 atom stereocenters. The topological polar surface area (TPSA) is 54.2 Å². The Labute approximate surface area is 150 Å². The number of hydrogen-bond acceptors (Lipinski definition) is 5. The molecule has 3 N–H and O–H groups in total. The molecule has 0 saturated carbocycles. The molecular formula is C16H21ClF2N4S. The van der Waals surface area contributed by atoms with E-state index in [0.29, 0.717) is 17.7 Å². The van der Waals surface area contributed by atoms with Gasteiger partial charge >= 0.3 is 0 Å². The summed E-state index contributed by atoms with van der Waals surface area (Å²) in [5, 5.41) is 4.13. The third-order valence-electron chi connectivity index (χ3n) is 4.11. The average molecular weight is 375 g/mol. The van der Waals surface area contributed by atoms with Crippen LogP contribution >= 0.6 is 23.7 Å². The van der Waals surface area contributed by atoms with E-state index < -0.39 is 11.6 Å². The van der Waals surface area contributed by atoms with E-state index in [1.807, 2.05) is 6.20 Å². The van der Waals surface area contributed by atoms with E-state index in [9.17, 15) is 8.78 Å². The van der Waals surface area contributed by atoms with Gasteiger partial charge in [-0.05, 0) is 43.6 Å². The van der Waals surface area contributed by atoms with Crippen molar-refractivity contribution in [2.75, 3.05) is 18.8 Å². The summed E-state index contributed by atoms with van der Waals surface area (Å²) in [7, 11) is 0. The molecule has 2 aromatic rings. The number of nitrogens with two attached hydrogens (primary N) is 1. The van der Waals surface area contributed by atoms with Gasteiger partial charge in [-0.2, -0.15) is 0 Å². The van der Waals surface area contributed by atoms with Gasteiger partial charge in [-0.3, -0.25) is 4.90 Å². The van der Waals surface area contributed by atoms with Crippen molar-refractivity contribution >= 4 is 28.9 Å². The SMILES string of the molecule is Cl.Nc1ncc(CNC2CCN(Cc3ccc(F)c(F)c3)CC2)s1. The van der Waals surface area contributed by atoms with Crippen molar-refractivity contribution in [3.05, 3.63) is 46.5 Å². The van der Waals surface area contributed by atoms with Gasteiger partial charge in [-0.25, -0.2) is 13.8 Å². The molecule has 0 spiro atoms. The fourth-order valence-corrected chi connectivity index (χ4v) is 3.48. The van der Waals surface area contributed by atoms with Crippen molar-refractivity contribution in [1.82, 2.24) is 15.2 Å². The molecule has 0 unspecified atom stereocenters. The molecule has 132 valence electrons. The summed E-state index contributed by atoms with van der Waals surface area (Å²) >= 11 is 1.51. The highest BCUT2D eigenvalue weighted by Crippen LogP contribution is 2.18.